The lowest BCUT2D eigenvalue weighted by Crippen LogP contribution is -2.46. The maximum absolute atomic E-state index is 10.5. The number of aliphatic hydroxyl groups is 1. The molecule has 0 aliphatic heterocycles. The summed E-state index contributed by atoms with van der Waals surface area (Å²) in [5.41, 5.74) is 10.5. The molecule has 0 fully saturated rings. The molecular weight excluding hydrogens is 216 g/mol. The molecule has 3 atom stereocenters. The van der Waals surface area contributed by atoms with Crippen LogP contribution in [0.2, 0.25) is 0 Å². The molecule has 0 saturated heterocycles. The molecule has 0 aromatic heterocycles. The fourth-order valence-corrected chi connectivity index (χ4v) is 1.44. The van der Waals surface area contributed by atoms with E-state index in [4.69, 9.17) is 21.7 Å². The minimum Gasteiger partial charge on any atom is -0.481 e. The van der Waals surface area contributed by atoms with E-state index in [9.17, 15) is 14.7 Å². The molecule has 0 aliphatic carbocycles. The molecule has 7 nitrogen and oxygen atoms in total. The molecule has 0 rings (SSSR count). The second-order valence-corrected chi connectivity index (χ2v) is 3.64. The van der Waals surface area contributed by atoms with Crippen molar-refractivity contribution in [3.05, 3.63) is 0 Å². The van der Waals surface area contributed by atoms with E-state index in [1.165, 1.54) is 0 Å². The van der Waals surface area contributed by atoms with Crippen molar-refractivity contribution in [2.75, 3.05) is 6.54 Å². The summed E-state index contributed by atoms with van der Waals surface area (Å²) < 4.78 is 0. The van der Waals surface area contributed by atoms with Crippen molar-refractivity contribution in [2.24, 2.45) is 17.4 Å². The Morgan fingerprint density at radius 3 is 2.19 bits per heavy atom. The van der Waals surface area contributed by atoms with Gasteiger partial charge in [-0.05, 0) is 25.3 Å². The van der Waals surface area contributed by atoms with Gasteiger partial charge in [0.05, 0.1) is 12.5 Å². The van der Waals surface area contributed by atoms with Gasteiger partial charge in [0.25, 0.3) is 0 Å². The van der Waals surface area contributed by atoms with E-state index in [-0.39, 0.29) is 6.42 Å². The SMILES string of the molecule is NCCCC(CC(=O)O)C(O)C(N)C(=O)O. The molecule has 3 unspecified atom stereocenters. The van der Waals surface area contributed by atoms with Gasteiger partial charge in [-0.25, -0.2) is 0 Å². The lowest BCUT2D eigenvalue weighted by Gasteiger charge is -2.24. The van der Waals surface area contributed by atoms with Crippen LogP contribution in [0.25, 0.3) is 0 Å². The number of aliphatic carboxylic acids is 2. The molecule has 0 aromatic carbocycles. The molecule has 7 N–H and O–H groups in total. The first-order valence-corrected chi connectivity index (χ1v) is 4.98. The Bertz CT molecular complexity index is 246. The van der Waals surface area contributed by atoms with Crippen molar-refractivity contribution >= 4 is 11.9 Å². The second kappa shape index (κ2) is 7.15. The molecule has 7 heteroatoms. The van der Waals surface area contributed by atoms with E-state index in [1.54, 1.807) is 0 Å². The summed E-state index contributed by atoms with van der Waals surface area (Å²) in [6, 6.07) is -1.47. The third-order valence-corrected chi connectivity index (χ3v) is 2.35. The van der Waals surface area contributed by atoms with Gasteiger partial charge < -0.3 is 26.8 Å². The lowest BCUT2D eigenvalue weighted by atomic mass is 9.89. The largest absolute Gasteiger partial charge is 0.481 e. The van der Waals surface area contributed by atoms with Crippen LogP contribution in [-0.4, -0.2) is 45.9 Å². The fraction of sp³-hybridized carbons (Fsp3) is 0.778. The molecule has 0 aromatic rings. The van der Waals surface area contributed by atoms with E-state index in [1.807, 2.05) is 0 Å². The van der Waals surface area contributed by atoms with Crippen LogP contribution in [0.5, 0.6) is 0 Å². The van der Waals surface area contributed by atoms with Gasteiger partial charge in [-0.3, -0.25) is 9.59 Å². The predicted molar refractivity (Wildman–Crippen MR) is 55.6 cm³/mol. The van der Waals surface area contributed by atoms with Gasteiger partial charge in [0, 0.05) is 0 Å². The molecule has 0 spiro atoms. The monoisotopic (exact) mass is 234 g/mol. The Labute approximate surface area is 93.0 Å². The number of carboxylic acids is 2. The predicted octanol–water partition coefficient (Wildman–Crippen LogP) is -1.41. The van der Waals surface area contributed by atoms with Gasteiger partial charge in [0.2, 0.25) is 0 Å². The summed E-state index contributed by atoms with van der Waals surface area (Å²) in [4.78, 5) is 21.1. The van der Waals surface area contributed by atoms with E-state index < -0.39 is 30.0 Å². The van der Waals surface area contributed by atoms with Gasteiger partial charge in [0.15, 0.2) is 0 Å². The summed E-state index contributed by atoms with van der Waals surface area (Å²) >= 11 is 0. The zero-order valence-corrected chi connectivity index (χ0v) is 8.87. The Balaban J connectivity index is 4.47. The van der Waals surface area contributed by atoms with Crippen molar-refractivity contribution in [1.82, 2.24) is 0 Å². The molecule has 0 radical (unpaired) electrons. The Morgan fingerprint density at radius 1 is 1.25 bits per heavy atom. The fourth-order valence-electron chi connectivity index (χ4n) is 1.44. The lowest BCUT2D eigenvalue weighted by molar-refractivity contribution is -0.145. The van der Waals surface area contributed by atoms with E-state index in [0.29, 0.717) is 19.4 Å². The average molecular weight is 234 g/mol. The summed E-state index contributed by atoms with van der Waals surface area (Å²) in [6.07, 6.45) is -0.839. The van der Waals surface area contributed by atoms with Crippen molar-refractivity contribution in [2.45, 2.75) is 31.4 Å². The first kappa shape index (κ1) is 14.8. The number of carboxylic acid groups (broad SMARTS) is 2. The highest BCUT2D eigenvalue weighted by atomic mass is 16.4. The third kappa shape index (κ3) is 5.06. The van der Waals surface area contributed by atoms with Gasteiger partial charge in [-0.2, -0.15) is 0 Å². The minimum absolute atomic E-state index is 0.317. The van der Waals surface area contributed by atoms with Gasteiger partial charge in [-0.15, -0.1) is 0 Å². The van der Waals surface area contributed by atoms with Gasteiger partial charge >= 0.3 is 11.9 Å². The number of aliphatic hydroxyl groups excluding tert-OH is 1. The molecule has 94 valence electrons. The maximum atomic E-state index is 10.5. The summed E-state index contributed by atoms with van der Waals surface area (Å²) in [5, 5.41) is 26.8. The number of hydrogen-bond donors (Lipinski definition) is 5. The van der Waals surface area contributed by atoms with Crippen LogP contribution in [0.3, 0.4) is 0 Å². The van der Waals surface area contributed by atoms with Crippen LogP contribution in [-0.2, 0) is 9.59 Å². The highest BCUT2D eigenvalue weighted by molar-refractivity contribution is 5.74. The quantitative estimate of drug-likeness (QED) is 0.346. The topological polar surface area (TPSA) is 147 Å². The molecule has 0 bridgehead atoms. The third-order valence-electron chi connectivity index (χ3n) is 2.35. The standard InChI is InChI=1S/C9H18N2O5/c10-3-1-2-5(4-6(12)13)8(14)7(11)9(15)16/h5,7-8,14H,1-4,10-11H2,(H,12,13)(H,15,16). The van der Waals surface area contributed by atoms with Crippen molar-refractivity contribution in [3.63, 3.8) is 0 Å². The van der Waals surface area contributed by atoms with Gasteiger partial charge in [0.1, 0.15) is 6.04 Å². The van der Waals surface area contributed by atoms with Crippen LogP contribution in [0, 0.1) is 5.92 Å². The zero-order valence-electron chi connectivity index (χ0n) is 8.87. The van der Waals surface area contributed by atoms with Crippen LogP contribution in [0.1, 0.15) is 19.3 Å². The van der Waals surface area contributed by atoms with Crippen LogP contribution >= 0.6 is 0 Å². The van der Waals surface area contributed by atoms with Crippen molar-refractivity contribution in [1.29, 1.82) is 0 Å². The van der Waals surface area contributed by atoms with Crippen LogP contribution in [0.4, 0.5) is 0 Å². The summed E-state index contributed by atoms with van der Waals surface area (Å²) in [7, 11) is 0. The second-order valence-electron chi connectivity index (χ2n) is 3.64. The number of rotatable bonds is 8. The molecule has 0 saturated carbocycles. The average Bonchev–Trinajstić information content (AvgIpc) is 2.21. The number of carbonyl (C=O) groups is 2. The molecule has 0 heterocycles. The van der Waals surface area contributed by atoms with Crippen molar-refractivity contribution < 1.29 is 24.9 Å². The Kier molecular flexibility index (Phi) is 6.63. The first-order valence-electron chi connectivity index (χ1n) is 4.98. The number of hydrogen-bond acceptors (Lipinski definition) is 5. The molecule has 0 amide bonds. The van der Waals surface area contributed by atoms with E-state index in [0.717, 1.165) is 0 Å². The summed E-state index contributed by atoms with van der Waals surface area (Å²) in [6.45, 7) is 0.352. The summed E-state index contributed by atoms with van der Waals surface area (Å²) in [5.74, 6) is -3.14. The zero-order chi connectivity index (χ0) is 12.7. The molecule has 16 heavy (non-hydrogen) atoms. The van der Waals surface area contributed by atoms with E-state index >= 15 is 0 Å². The van der Waals surface area contributed by atoms with E-state index in [2.05, 4.69) is 0 Å². The molecule has 0 aliphatic rings. The Hall–Kier alpha value is -1.18. The minimum atomic E-state index is -1.47. The highest BCUT2D eigenvalue weighted by Gasteiger charge is 2.30. The highest BCUT2D eigenvalue weighted by Crippen LogP contribution is 2.18. The normalized spacial score (nSPS) is 16.4. The maximum Gasteiger partial charge on any atom is 0.323 e. The van der Waals surface area contributed by atoms with Crippen LogP contribution in [0.15, 0.2) is 0 Å². The van der Waals surface area contributed by atoms with Crippen LogP contribution < -0.4 is 11.5 Å². The smallest absolute Gasteiger partial charge is 0.323 e. The first-order chi connectivity index (χ1) is 7.40. The van der Waals surface area contributed by atoms with Gasteiger partial charge in [-0.1, -0.05) is 0 Å². The van der Waals surface area contributed by atoms with Crippen molar-refractivity contribution in [3.8, 4) is 0 Å². The Morgan fingerprint density at radius 2 is 1.81 bits per heavy atom. The molecular formula is C9H18N2O5. The number of nitrogens with two attached hydrogens (primary N) is 2.